The van der Waals surface area contributed by atoms with E-state index in [0.29, 0.717) is 18.3 Å². The van der Waals surface area contributed by atoms with E-state index in [4.69, 9.17) is 9.26 Å². The highest BCUT2D eigenvalue weighted by Gasteiger charge is 2.49. The third-order valence-corrected chi connectivity index (χ3v) is 5.63. The molecule has 2 atom stereocenters. The van der Waals surface area contributed by atoms with E-state index in [1.165, 1.54) is 0 Å². The molecule has 8 nitrogen and oxygen atoms in total. The largest absolute Gasteiger partial charge is 0.364 e. The second-order valence-electron chi connectivity index (χ2n) is 7.43. The van der Waals surface area contributed by atoms with Crippen LogP contribution >= 0.6 is 0 Å². The Hall–Kier alpha value is -3.26. The summed E-state index contributed by atoms with van der Waals surface area (Å²) in [7, 11) is 0. The molecule has 2 aliphatic heterocycles. The average Bonchev–Trinajstić information content (AvgIpc) is 3.20. The minimum atomic E-state index is -0.506. The van der Waals surface area contributed by atoms with Crippen LogP contribution in [0.15, 0.2) is 53.2 Å². The summed E-state index contributed by atoms with van der Waals surface area (Å²) >= 11 is 0. The molecule has 2 fully saturated rings. The molecular formula is C21H21N5O3. The summed E-state index contributed by atoms with van der Waals surface area (Å²) in [6.07, 6.45) is 2.32. The van der Waals surface area contributed by atoms with Gasteiger partial charge in [0, 0.05) is 19.3 Å². The molecule has 0 aliphatic carbocycles. The van der Waals surface area contributed by atoms with Gasteiger partial charge in [-0.25, -0.2) is 4.98 Å². The predicted octanol–water partition coefficient (Wildman–Crippen LogP) is 2.06. The summed E-state index contributed by atoms with van der Waals surface area (Å²) in [5, 5.41) is 7.03. The average molecular weight is 391 g/mol. The fraction of sp³-hybridized carbons (Fsp3) is 0.333. The first-order valence-electron chi connectivity index (χ1n) is 9.64. The number of aryl methyl sites for hydroxylation is 1. The Balaban J connectivity index is 1.39. The van der Waals surface area contributed by atoms with Crippen LogP contribution in [0.3, 0.4) is 0 Å². The van der Waals surface area contributed by atoms with Gasteiger partial charge in [0.1, 0.15) is 18.5 Å². The molecule has 1 N–H and O–H groups in total. The fourth-order valence-electron chi connectivity index (χ4n) is 4.18. The smallest absolute Gasteiger partial charge is 0.259 e. The first-order chi connectivity index (χ1) is 14.1. The zero-order valence-electron chi connectivity index (χ0n) is 16.0. The van der Waals surface area contributed by atoms with E-state index in [1.807, 2.05) is 30.3 Å². The van der Waals surface area contributed by atoms with E-state index in [0.717, 1.165) is 29.9 Å². The number of rotatable bonds is 3. The summed E-state index contributed by atoms with van der Waals surface area (Å²) in [6, 6.07) is 13.9. The minimum absolute atomic E-state index is 0.0733. The van der Waals surface area contributed by atoms with E-state index in [2.05, 4.69) is 37.5 Å². The number of benzene rings is 1. The first kappa shape index (κ1) is 17.8. The van der Waals surface area contributed by atoms with Crippen molar-refractivity contribution in [1.82, 2.24) is 20.4 Å². The number of aromatic nitrogens is 3. The van der Waals surface area contributed by atoms with Crippen LogP contribution in [0.25, 0.3) is 11.5 Å². The van der Waals surface area contributed by atoms with Crippen LogP contribution in [-0.4, -0.2) is 46.8 Å². The van der Waals surface area contributed by atoms with E-state index in [9.17, 15) is 4.79 Å². The van der Waals surface area contributed by atoms with Crippen molar-refractivity contribution in [3.05, 3.63) is 60.0 Å². The molecule has 0 saturated carbocycles. The summed E-state index contributed by atoms with van der Waals surface area (Å²) in [5.41, 5.74) is 1.35. The van der Waals surface area contributed by atoms with Gasteiger partial charge >= 0.3 is 0 Å². The molecule has 2 saturated heterocycles. The van der Waals surface area contributed by atoms with Crippen molar-refractivity contribution in [1.29, 1.82) is 0 Å². The number of fused-ring (bicyclic) bond motifs is 1. The molecule has 0 bridgehead atoms. The Kier molecular flexibility index (Phi) is 4.28. The number of carbonyl (C=O) groups is 1. The third kappa shape index (κ3) is 3.15. The van der Waals surface area contributed by atoms with Gasteiger partial charge in [-0.1, -0.05) is 35.5 Å². The van der Waals surface area contributed by atoms with Crippen molar-refractivity contribution >= 4 is 11.7 Å². The van der Waals surface area contributed by atoms with Crippen molar-refractivity contribution in [2.75, 3.05) is 24.6 Å². The molecular weight excluding hydrogens is 370 g/mol. The van der Waals surface area contributed by atoms with E-state index < -0.39 is 5.54 Å². The number of carbonyl (C=O) groups excluding carboxylic acids is 1. The van der Waals surface area contributed by atoms with Gasteiger partial charge < -0.3 is 19.5 Å². The SMILES string of the molecule is Cc1noc(-c2ccc(N3CC[C@@]4(c5ccccc5)NC(=O)CO[C@@H]4C3)nc2)n1. The molecule has 8 heteroatoms. The summed E-state index contributed by atoms with van der Waals surface area (Å²) in [5.74, 6) is 1.83. The van der Waals surface area contributed by atoms with E-state index in [-0.39, 0.29) is 18.6 Å². The van der Waals surface area contributed by atoms with Crippen LogP contribution < -0.4 is 10.2 Å². The maximum atomic E-state index is 12.1. The van der Waals surface area contributed by atoms with Gasteiger partial charge in [0.25, 0.3) is 5.89 Å². The molecule has 5 rings (SSSR count). The maximum absolute atomic E-state index is 12.1. The van der Waals surface area contributed by atoms with Crippen LogP contribution in [0.2, 0.25) is 0 Å². The van der Waals surface area contributed by atoms with Crippen molar-refractivity contribution in [2.45, 2.75) is 25.0 Å². The highest BCUT2D eigenvalue weighted by atomic mass is 16.5. The van der Waals surface area contributed by atoms with Crippen LogP contribution in [0.1, 0.15) is 17.8 Å². The monoisotopic (exact) mass is 391 g/mol. The predicted molar refractivity (Wildman–Crippen MR) is 105 cm³/mol. The highest BCUT2D eigenvalue weighted by Crippen LogP contribution is 2.38. The van der Waals surface area contributed by atoms with Crippen LogP contribution in [0, 0.1) is 6.92 Å². The molecule has 0 radical (unpaired) electrons. The maximum Gasteiger partial charge on any atom is 0.259 e. The number of anilines is 1. The first-order valence-corrected chi connectivity index (χ1v) is 9.64. The number of nitrogens with one attached hydrogen (secondary N) is 1. The quantitative estimate of drug-likeness (QED) is 0.730. The van der Waals surface area contributed by atoms with Gasteiger partial charge in [0.2, 0.25) is 5.91 Å². The molecule has 2 aromatic heterocycles. The second kappa shape index (κ2) is 6.97. The summed E-state index contributed by atoms with van der Waals surface area (Å²) in [4.78, 5) is 23.2. The molecule has 1 aromatic carbocycles. The Morgan fingerprint density at radius 1 is 1.21 bits per heavy atom. The van der Waals surface area contributed by atoms with E-state index in [1.54, 1.807) is 13.1 Å². The Morgan fingerprint density at radius 2 is 2.07 bits per heavy atom. The summed E-state index contributed by atoms with van der Waals surface area (Å²) in [6.45, 7) is 3.25. The Morgan fingerprint density at radius 3 is 2.79 bits per heavy atom. The Labute approximate surface area is 167 Å². The van der Waals surface area contributed by atoms with Crippen LogP contribution in [0.5, 0.6) is 0 Å². The minimum Gasteiger partial charge on any atom is -0.364 e. The standard InChI is InChI=1S/C21H21N5O3/c1-14-23-20(29-25-14)15-7-8-18(22-11-15)26-10-9-21(16-5-3-2-4-6-16)17(12-26)28-13-19(27)24-21/h2-8,11,17H,9-10,12-13H2,1H3,(H,24,27)/t17-,21+/m1/s1. The number of morpholine rings is 1. The lowest BCUT2D eigenvalue weighted by Gasteiger charge is -2.50. The van der Waals surface area contributed by atoms with Gasteiger partial charge in [0.05, 0.1) is 11.1 Å². The molecule has 3 aromatic rings. The number of hydrogen-bond donors (Lipinski definition) is 1. The van der Waals surface area contributed by atoms with Gasteiger partial charge in [-0.05, 0) is 31.0 Å². The molecule has 148 valence electrons. The lowest BCUT2D eigenvalue weighted by molar-refractivity contribution is -0.146. The zero-order chi connectivity index (χ0) is 19.8. The molecule has 0 spiro atoms. The van der Waals surface area contributed by atoms with Crippen molar-refractivity contribution in [3.8, 4) is 11.5 Å². The molecule has 2 aliphatic rings. The number of piperidine rings is 1. The second-order valence-corrected chi connectivity index (χ2v) is 7.43. The lowest BCUT2D eigenvalue weighted by atomic mass is 9.77. The van der Waals surface area contributed by atoms with Crippen molar-refractivity contribution in [2.24, 2.45) is 0 Å². The van der Waals surface area contributed by atoms with Gasteiger partial charge in [0.15, 0.2) is 5.82 Å². The highest BCUT2D eigenvalue weighted by molar-refractivity contribution is 5.79. The number of ether oxygens (including phenoxy) is 1. The Bertz CT molecular complexity index is 1020. The zero-order valence-corrected chi connectivity index (χ0v) is 16.0. The van der Waals surface area contributed by atoms with Crippen molar-refractivity contribution < 1.29 is 14.1 Å². The molecule has 4 heterocycles. The van der Waals surface area contributed by atoms with Crippen LogP contribution in [0.4, 0.5) is 5.82 Å². The topological polar surface area (TPSA) is 93.4 Å². The number of hydrogen-bond acceptors (Lipinski definition) is 7. The van der Waals surface area contributed by atoms with Crippen LogP contribution in [-0.2, 0) is 15.1 Å². The molecule has 1 amide bonds. The van der Waals surface area contributed by atoms with Crippen molar-refractivity contribution in [3.63, 3.8) is 0 Å². The van der Waals surface area contributed by atoms with Gasteiger partial charge in [-0.15, -0.1) is 0 Å². The number of amides is 1. The summed E-state index contributed by atoms with van der Waals surface area (Å²) < 4.78 is 11.2. The van der Waals surface area contributed by atoms with Gasteiger partial charge in [-0.3, -0.25) is 4.79 Å². The normalized spacial score (nSPS) is 24.1. The lowest BCUT2D eigenvalue weighted by Crippen LogP contribution is -2.66. The number of pyridine rings is 1. The van der Waals surface area contributed by atoms with Gasteiger partial charge in [-0.2, -0.15) is 4.98 Å². The number of nitrogens with zero attached hydrogens (tertiary/aromatic N) is 4. The molecule has 29 heavy (non-hydrogen) atoms. The third-order valence-electron chi connectivity index (χ3n) is 5.63. The fourth-order valence-corrected chi connectivity index (χ4v) is 4.18. The van der Waals surface area contributed by atoms with E-state index >= 15 is 0 Å². The molecule has 0 unspecified atom stereocenters.